The summed E-state index contributed by atoms with van der Waals surface area (Å²) in [5.74, 6) is -0.162. The molecule has 1 amide bonds. The highest BCUT2D eigenvalue weighted by Gasteiger charge is 1.99. The van der Waals surface area contributed by atoms with Crippen LogP contribution < -0.4 is 11.1 Å². The van der Waals surface area contributed by atoms with Crippen molar-refractivity contribution in [1.82, 2.24) is 0 Å². The van der Waals surface area contributed by atoms with Gasteiger partial charge in [-0.1, -0.05) is 6.07 Å². The number of carbonyl (C=O) groups excluding carboxylic acids is 1. The third-order valence-electron chi connectivity index (χ3n) is 1.69. The lowest BCUT2D eigenvalue weighted by atomic mass is 10.1. The molecule has 1 rings (SSSR count). The van der Waals surface area contributed by atoms with E-state index in [0.29, 0.717) is 0 Å². The number of hydrogen-bond acceptors (Lipinski definition) is 2. The first-order valence-electron chi connectivity index (χ1n) is 4.20. The molecule has 3 heteroatoms. The van der Waals surface area contributed by atoms with Crippen molar-refractivity contribution in [3.8, 4) is 0 Å². The number of carbonyl (C=O) groups is 1. The van der Waals surface area contributed by atoms with Gasteiger partial charge in [-0.25, -0.2) is 0 Å². The normalized spacial score (nSPS) is 9.77. The van der Waals surface area contributed by atoms with Crippen molar-refractivity contribution in [2.45, 2.75) is 13.8 Å². The Balaban J connectivity index is 2.83. The first-order chi connectivity index (χ1) is 6.11. The van der Waals surface area contributed by atoms with E-state index in [1.807, 2.05) is 26.0 Å². The quantitative estimate of drug-likeness (QED) is 0.715. The predicted octanol–water partition coefficient (Wildman–Crippen LogP) is 1.20. The standard InChI is InChI=1S/C10H14N2O/c1-7-3-8(2)5-9(4-7)12-10(13)6-11/h3-5H,6,11H2,1-2H3,(H,12,13). The van der Waals surface area contributed by atoms with Crippen LogP contribution in [0.5, 0.6) is 0 Å². The maximum Gasteiger partial charge on any atom is 0.238 e. The summed E-state index contributed by atoms with van der Waals surface area (Å²) in [6, 6.07) is 5.89. The van der Waals surface area contributed by atoms with Crippen LogP contribution >= 0.6 is 0 Å². The van der Waals surface area contributed by atoms with Gasteiger partial charge in [0.05, 0.1) is 6.54 Å². The minimum atomic E-state index is -0.162. The molecule has 0 saturated heterocycles. The van der Waals surface area contributed by atoms with Crippen molar-refractivity contribution in [1.29, 1.82) is 0 Å². The smallest absolute Gasteiger partial charge is 0.238 e. The zero-order chi connectivity index (χ0) is 9.84. The van der Waals surface area contributed by atoms with Crippen LogP contribution in [0.25, 0.3) is 0 Å². The molecule has 1 aromatic carbocycles. The van der Waals surface area contributed by atoms with Crippen LogP contribution in [0.4, 0.5) is 5.69 Å². The van der Waals surface area contributed by atoms with E-state index < -0.39 is 0 Å². The number of amides is 1. The van der Waals surface area contributed by atoms with E-state index in [9.17, 15) is 4.79 Å². The van der Waals surface area contributed by atoms with Gasteiger partial charge in [-0.3, -0.25) is 4.79 Å². The maximum absolute atomic E-state index is 11.0. The summed E-state index contributed by atoms with van der Waals surface area (Å²) in [5, 5.41) is 2.71. The van der Waals surface area contributed by atoms with Crippen LogP contribution in [0.15, 0.2) is 18.2 Å². The average Bonchev–Trinajstić information content (AvgIpc) is 2.02. The number of aryl methyl sites for hydroxylation is 2. The molecule has 70 valence electrons. The number of benzene rings is 1. The fourth-order valence-corrected chi connectivity index (χ4v) is 1.26. The van der Waals surface area contributed by atoms with E-state index in [1.165, 1.54) is 0 Å². The summed E-state index contributed by atoms with van der Waals surface area (Å²) in [4.78, 5) is 11.0. The Kier molecular flexibility index (Phi) is 3.03. The van der Waals surface area contributed by atoms with Gasteiger partial charge in [-0.2, -0.15) is 0 Å². The van der Waals surface area contributed by atoms with Crippen LogP contribution in [0.2, 0.25) is 0 Å². The lowest BCUT2D eigenvalue weighted by molar-refractivity contribution is -0.114. The number of rotatable bonds is 2. The van der Waals surface area contributed by atoms with Crippen molar-refractivity contribution < 1.29 is 4.79 Å². The molecular formula is C10H14N2O. The summed E-state index contributed by atoms with van der Waals surface area (Å²) < 4.78 is 0. The molecule has 0 atom stereocenters. The predicted molar refractivity (Wildman–Crippen MR) is 53.6 cm³/mol. The van der Waals surface area contributed by atoms with Gasteiger partial charge in [0, 0.05) is 5.69 Å². The van der Waals surface area contributed by atoms with Crippen molar-refractivity contribution in [3.63, 3.8) is 0 Å². The van der Waals surface area contributed by atoms with Gasteiger partial charge >= 0.3 is 0 Å². The van der Waals surface area contributed by atoms with Gasteiger partial charge < -0.3 is 11.1 Å². The van der Waals surface area contributed by atoms with Gasteiger partial charge in [-0.05, 0) is 37.1 Å². The molecule has 0 bridgehead atoms. The van der Waals surface area contributed by atoms with E-state index >= 15 is 0 Å². The molecule has 0 aromatic heterocycles. The SMILES string of the molecule is Cc1cc(C)cc(NC(=O)CN)c1. The minimum absolute atomic E-state index is 0.0208. The third kappa shape index (κ3) is 2.87. The van der Waals surface area contributed by atoms with E-state index in [0.717, 1.165) is 16.8 Å². The summed E-state index contributed by atoms with van der Waals surface area (Å²) in [6.45, 7) is 4.00. The van der Waals surface area contributed by atoms with Crippen LogP contribution in [0, 0.1) is 13.8 Å². The minimum Gasteiger partial charge on any atom is -0.325 e. The maximum atomic E-state index is 11.0. The number of nitrogens with one attached hydrogen (secondary N) is 1. The summed E-state index contributed by atoms with van der Waals surface area (Å²) >= 11 is 0. The zero-order valence-electron chi connectivity index (χ0n) is 7.92. The van der Waals surface area contributed by atoms with E-state index in [4.69, 9.17) is 5.73 Å². The summed E-state index contributed by atoms with van der Waals surface area (Å²) in [6.07, 6.45) is 0. The van der Waals surface area contributed by atoms with Gasteiger partial charge in [0.25, 0.3) is 0 Å². The van der Waals surface area contributed by atoms with Crippen LogP contribution in [0.3, 0.4) is 0 Å². The molecule has 13 heavy (non-hydrogen) atoms. The van der Waals surface area contributed by atoms with Gasteiger partial charge in [0.1, 0.15) is 0 Å². The molecule has 3 N–H and O–H groups in total. The van der Waals surface area contributed by atoms with Crippen molar-refractivity contribution in [2.24, 2.45) is 5.73 Å². The first-order valence-corrected chi connectivity index (χ1v) is 4.20. The molecule has 0 fully saturated rings. The largest absolute Gasteiger partial charge is 0.325 e. The second-order valence-corrected chi connectivity index (χ2v) is 3.13. The summed E-state index contributed by atoms with van der Waals surface area (Å²) in [5.41, 5.74) is 8.26. The topological polar surface area (TPSA) is 55.1 Å². The van der Waals surface area contributed by atoms with Gasteiger partial charge in [0.2, 0.25) is 5.91 Å². The third-order valence-corrected chi connectivity index (χ3v) is 1.69. The second-order valence-electron chi connectivity index (χ2n) is 3.13. The molecule has 0 heterocycles. The number of nitrogens with two attached hydrogens (primary N) is 1. The Bertz CT molecular complexity index is 300. The van der Waals surface area contributed by atoms with E-state index in [2.05, 4.69) is 11.4 Å². The Morgan fingerprint density at radius 2 is 1.85 bits per heavy atom. The molecule has 0 aliphatic rings. The Morgan fingerprint density at radius 3 is 2.31 bits per heavy atom. The fraction of sp³-hybridized carbons (Fsp3) is 0.300. The number of anilines is 1. The average molecular weight is 178 g/mol. The monoisotopic (exact) mass is 178 g/mol. The lowest BCUT2D eigenvalue weighted by Gasteiger charge is -2.05. The van der Waals surface area contributed by atoms with Gasteiger partial charge in [0.15, 0.2) is 0 Å². The number of hydrogen-bond donors (Lipinski definition) is 2. The van der Waals surface area contributed by atoms with E-state index in [-0.39, 0.29) is 12.5 Å². The fourth-order valence-electron chi connectivity index (χ4n) is 1.26. The summed E-state index contributed by atoms with van der Waals surface area (Å²) in [7, 11) is 0. The highest BCUT2D eigenvalue weighted by atomic mass is 16.1. The van der Waals surface area contributed by atoms with Crippen molar-refractivity contribution in [2.75, 3.05) is 11.9 Å². The molecule has 1 aromatic rings. The van der Waals surface area contributed by atoms with E-state index in [1.54, 1.807) is 0 Å². The van der Waals surface area contributed by atoms with Crippen molar-refractivity contribution in [3.05, 3.63) is 29.3 Å². The Morgan fingerprint density at radius 1 is 1.31 bits per heavy atom. The highest BCUT2D eigenvalue weighted by molar-refractivity contribution is 5.92. The molecule has 3 nitrogen and oxygen atoms in total. The lowest BCUT2D eigenvalue weighted by Crippen LogP contribution is -2.21. The van der Waals surface area contributed by atoms with Crippen molar-refractivity contribution >= 4 is 11.6 Å². The molecule has 0 spiro atoms. The molecular weight excluding hydrogens is 164 g/mol. The highest BCUT2D eigenvalue weighted by Crippen LogP contribution is 2.13. The molecule has 0 aliphatic carbocycles. The molecule has 0 unspecified atom stereocenters. The molecule has 0 aliphatic heterocycles. The van der Waals surface area contributed by atoms with Crippen LogP contribution in [-0.4, -0.2) is 12.5 Å². The second kappa shape index (κ2) is 4.05. The van der Waals surface area contributed by atoms with Crippen LogP contribution in [-0.2, 0) is 4.79 Å². The zero-order valence-corrected chi connectivity index (χ0v) is 7.92. The Labute approximate surface area is 77.9 Å². The Hall–Kier alpha value is -1.35. The van der Waals surface area contributed by atoms with Crippen LogP contribution in [0.1, 0.15) is 11.1 Å². The molecule has 0 saturated carbocycles. The molecule has 0 radical (unpaired) electrons. The first kappa shape index (κ1) is 9.74. The van der Waals surface area contributed by atoms with Gasteiger partial charge in [-0.15, -0.1) is 0 Å².